The molecule has 1 unspecified atom stereocenters. The molecule has 0 bridgehead atoms. The molecule has 1 aromatic heterocycles. The van der Waals surface area contributed by atoms with E-state index in [-0.39, 0.29) is 30.1 Å². The van der Waals surface area contributed by atoms with Gasteiger partial charge in [0.05, 0.1) is 14.7 Å². The predicted molar refractivity (Wildman–Crippen MR) is 101 cm³/mol. The van der Waals surface area contributed by atoms with E-state index in [1.54, 1.807) is 25.1 Å². The Labute approximate surface area is 155 Å². The Bertz CT molecular complexity index is 832. The van der Waals surface area contributed by atoms with Crippen molar-refractivity contribution >= 4 is 28.8 Å². The zero-order chi connectivity index (χ0) is 19.3. The fraction of sp³-hybridized carbons (Fsp3) is 0.333. The highest BCUT2D eigenvalue weighted by atomic mass is 32.1. The number of hydrogen-bond donors (Lipinski definition) is 2. The number of thiophene rings is 1. The maximum atomic E-state index is 12.2. The van der Waals surface area contributed by atoms with Crippen molar-refractivity contribution in [3.63, 3.8) is 0 Å². The molecule has 1 heterocycles. The van der Waals surface area contributed by atoms with Crippen molar-refractivity contribution in [3.05, 3.63) is 61.3 Å². The Morgan fingerprint density at radius 3 is 2.62 bits per heavy atom. The molecule has 1 aromatic carbocycles. The number of aryl methyl sites for hydroxylation is 1. The first-order valence-corrected chi connectivity index (χ1v) is 9.06. The molecule has 0 aliphatic carbocycles. The second kappa shape index (κ2) is 8.57. The first-order chi connectivity index (χ1) is 12.3. The van der Waals surface area contributed by atoms with Crippen molar-refractivity contribution in [1.82, 2.24) is 10.6 Å². The smallest absolute Gasteiger partial charge is 0.283 e. The summed E-state index contributed by atoms with van der Waals surface area (Å²) in [6.45, 7) is 5.77. The molecule has 7 nitrogen and oxygen atoms in total. The van der Waals surface area contributed by atoms with Gasteiger partial charge in [0.1, 0.15) is 0 Å². The quantitative estimate of drug-likeness (QED) is 0.572. The van der Waals surface area contributed by atoms with E-state index in [0.717, 1.165) is 23.3 Å². The Kier molecular flexibility index (Phi) is 6.46. The first kappa shape index (κ1) is 19.6. The van der Waals surface area contributed by atoms with Crippen molar-refractivity contribution in [2.45, 2.75) is 39.8 Å². The molecule has 1 atom stereocenters. The highest BCUT2D eigenvalue weighted by molar-refractivity contribution is 7.14. The third-order valence-corrected chi connectivity index (χ3v) is 4.98. The summed E-state index contributed by atoms with van der Waals surface area (Å²) >= 11 is 1.09. The van der Waals surface area contributed by atoms with E-state index in [1.165, 1.54) is 6.07 Å². The van der Waals surface area contributed by atoms with Gasteiger partial charge in [0, 0.05) is 24.2 Å². The summed E-state index contributed by atoms with van der Waals surface area (Å²) in [7, 11) is 0. The minimum absolute atomic E-state index is 0.0520. The number of nitro groups is 1. The largest absolute Gasteiger partial charge is 0.350 e. The van der Waals surface area contributed by atoms with Crippen LogP contribution in [0.3, 0.4) is 0 Å². The minimum Gasteiger partial charge on any atom is -0.350 e. The molecule has 0 fully saturated rings. The Hall–Kier alpha value is -2.74. The minimum atomic E-state index is -0.498. The summed E-state index contributed by atoms with van der Waals surface area (Å²) in [5.74, 6) is -0.530. The second-order valence-corrected chi connectivity index (χ2v) is 7.23. The van der Waals surface area contributed by atoms with Crippen LogP contribution in [0.5, 0.6) is 0 Å². The monoisotopic (exact) mass is 375 g/mol. The molecular formula is C18H21N3O4S. The fourth-order valence-corrected chi connectivity index (χ4v) is 3.17. The molecule has 0 saturated carbocycles. The van der Waals surface area contributed by atoms with E-state index >= 15 is 0 Å². The summed E-state index contributed by atoms with van der Waals surface area (Å²) < 4.78 is 0. The molecule has 0 saturated heterocycles. The summed E-state index contributed by atoms with van der Waals surface area (Å²) in [6.07, 6.45) is 0.841. The maximum Gasteiger partial charge on any atom is 0.283 e. The van der Waals surface area contributed by atoms with Crippen LogP contribution >= 0.6 is 11.3 Å². The third-order valence-electron chi connectivity index (χ3n) is 3.94. The van der Waals surface area contributed by atoms with Crippen molar-refractivity contribution in [1.29, 1.82) is 0 Å². The number of carbonyl (C=O) groups is 2. The average Bonchev–Trinajstić information content (AvgIpc) is 3.02. The van der Waals surface area contributed by atoms with Gasteiger partial charge in [0.2, 0.25) is 0 Å². The van der Waals surface area contributed by atoms with Gasteiger partial charge >= 0.3 is 0 Å². The normalized spacial score (nSPS) is 11.7. The van der Waals surface area contributed by atoms with Gasteiger partial charge in [-0.3, -0.25) is 19.7 Å². The topological polar surface area (TPSA) is 101 Å². The Balaban J connectivity index is 2.02. The van der Waals surface area contributed by atoms with E-state index in [4.69, 9.17) is 0 Å². The molecule has 0 spiro atoms. The maximum absolute atomic E-state index is 12.2. The number of hydrogen-bond acceptors (Lipinski definition) is 5. The lowest BCUT2D eigenvalue weighted by atomic mass is 10.1. The van der Waals surface area contributed by atoms with E-state index in [9.17, 15) is 19.7 Å². The van der Waals surface area contributed by atoms with Crippen LogP contribution in [0.4, 0.5) is 5.69 Å². The molecule has 0 aliphatic rings. The number of rotatable bonds is 7. The number of benzene rings is 1. The van der Waals surface area contributed by atoms with Crippen LogP contribution in [0, 0.1) is 17.0 Å². The summed E-state index contributed by atoms with van der Waals surface area (Å²) in [5, 5.41) is 16.5. The third kappa shape index (κ3) is 4.89. The molecule has 0 radical (unpaired) electrons. The number of carbonyl (C=O) groups excluding carboxylic acids is 2. The van der Waals surface area contributed by atoms with Crippen molar-refractivity contribution in [3.8, 4) is 0 Å². The lowest BCUT2D eigenvalue weighted by Crippen LogP contribution is -2.32. The van der Waals surface area contributed by atoms with E-state index in [0.29, 0.717) is 15.3 Å². The molecule has 8 heteroatoms. The van der Waals surface area contributed by atoms with Crippen LogP contribution in [0.15, 0.2) is 30.3 Å². The highest BCUT2D eigenvalue weighted by Crippen LogP contribution is 2.27. The van der Waals surface area contributed by atoms with Crippen LogP contribution in [-0.2, 0) is 6.54 Å². The second-order valence-electron chi connectivity index (χ2n) is 5.97. The molecule has 2 amide bonds. The van der Waals surface area contributed by atoms with Crippen LogP contribution < -0.4 is 10.6 Å². The number of nitrogens with zero attached hydrogens (tertiary/aromatic N) is 1. The molecule has 138 valence electrons. The van der Waals surface area contributed by atoms with Crippen molar-refractivity contribution in [2.24, 2.45) is 0 Å². The fourth-order valence-electron chi connectivity index (χ4n) is 2.27. The predicted octanol–water partition coefficient (Wildman–Crippen LogP) is 3.42. The average molecular weight is 375 g/mol. The zero-order valence-electron chi connectivity index (χ0n) is 14.9. The van der Waals surface area contributed by atoms with E-state index < -0.39 is 4.92 Å². The van der Waals surface area contributed by atoms with Crippen molar-refractivity contribution < 1.29 is 14.5 Å². The molecule has 2 N–H and O–H groups in total. The summed E-state index contributed by atoms with van der Waals surface area (Å²) in [6, 6.07) is 8.37. The van der Waals surface area contributed by atoms with Gasteiger partial charge in [-0.1, -0.05) is 19.1 Å². The Morgan fingerprint density at radius 2 is 2.00 bits per heavy atom. The SMILES string of the molecule is CCC(C)NC(=O)c1cccc(CNC(=O)c2cc([N+](=O)[O-])c(C)s2)c1. The van der Waals surface area contributed by atoms with Crippen LogP contribution in [0.25, 0.3) is 0 Å². The number of amides is 2. The van der Waals surface area contributed by atoms with Crippen LogP contribution in [-0.4, -0.2) is 22.8 Å². The molecule has 2 aromatic rings. The van der Waals surface area contributed by atoms with Gasteiger partial charge < -0.3 is 10.6 Å². The Morgan fingerprint density at radius 1 is 1.27 bits per heavy atom. The van der Waals surface area contributed by atoms with Gasteiger partial charge in [0.25, 0.3) is 17.5 Å². The van der Waals surface area contributed by atoms with Gasteiger partial charge in [-0.25, -0.2) is 0 Å². The van der Waals surface area contributed by atoms with Gasteiger partial charge in [0.15, 0.2) is 0 Å². The van der Waals surface area contributed by atoms with Crippen LogP contribution in [0.1, 0.15) is 50.7 Å². The van der Waals surface area contributed by atoms with Crippen molar-refractivity contribution in [2.75, 3.05) is 0 Å². The lowest BCUT2D eigenvalue weighted by Gasteiger charge is -2.12. The zero-order valence-corrected chi connectivity index (χ0v) is 15.7. The van der Waals surface area contributed by atoms with Gasteiger partial charge in [-0.05, 0) is 38.0 Å². The van der Waals surface area contributed by atoms with Gasteiger partial charge in [-0.2, -0.15) is 0 Å². The van der Waals surface area contributed by atoms with E-state index in [2.05, 4.69) is 10.6 Å². The number of nitrogens with one attached hydrogen (secondary N) is 2. The van der Waals surface area contributed by atoms with Crippen LogP contribution in [0.2, 0.25) is 0 Å². The van der Waals surface area contributed by atoms with Gasteiger partial charge in [-0.15, -0.1) is 11.3 Å². The summed E-state index contributed by atoms with van der Waals surface area (Å²) in [5.41, 5.74) is 1.25. The first-order valence-electron chi connectivity index (χ1n) is 8.24. The molecule has 26 heavy (non-hydrogen) atoms. The molecular weight excluding hydrogens is 354 g/mol. The standard InChI is InChI=1S/C18H21N3O4S/c1-4-11(2)20-17(22)14-7-5-6-13(8-14)10-19-18(23)16-9-15(21(24)25)12(3)26-16/h5-9,11H,4,10H2,1-3H3,(H,19,23)(H,20,22). The van der Waals surface area contributed by atoms with E-state index in [1.807, 2.05) is 19.9 Å². The molecule has 2 rings (SSSR count). The lowest BCUT2D eigenvalue weighted by molar-refractivity contribution is -0.385. The summed E-state index contributed by atoms with van der Waals surface area (Å²) in [4.78, 5) is 35.5. The highest BCUT2D eigenvalue weighted by Gasteiger charge is 2.19. The molecule has 0 aliphatic heterocycles.